The van der Waals surface area contributed by atoms with Gasteiger partial charge in [-0.15, -0.1) is 11.8 Å². The van der Waals surface area contributed by atoms with Crippen LogP contribution < -0.4 is 5.32 Å². The van der Waals surface area contributed by atoms with Gasteiger partial charge in [0, 0.05) is 11.9 Å². The highest BCUT2D eigenvalue weighted by atomic mass is 32.2. The molecular formula is C11H17N3O2S. The summed E-state index contributed by atoms with van der Waals surface area (Å²) in [4.78, 5) is 19.4. The van der Waals surface area contributed by atoms with Gasteiger partial charge in [-0.2, -0.15) is 0 Å². The molecule has 0 saturated heterocycles. The Bertz CT molecular complexity index is 335. The Balaban J connectivity index is 2.34. The maximum atomic E-state index is 11.4. The summed E-state index contributed by atoms with van der Waals surface area (Å²) in [7, 11) is 1.41. The number of thioether (sulfide) groups is 1. The van der Waals surface area contributed by atoms with Crippen molar-refractivity contribution in [3.8, 4) is 0 Å². The zero-order chi connectivity index (χ0) is 12.5. The zero-order valence-corrected chi connectivity index (χ0v) is 10.9. The number of hydrogen-bond acceptors (Lipinski definition) is 6. The first-order valence-corrected chi connectivity index (χ1v) is 6.46. The van der Waals surface area contributed by atoms with Gasteiger partial charge >= 0.3 is 5.97 Å². The third-order valence-corrected chi connectivity index (χ3v) is 3.12. The van der Waals surface area contributed by atoms with E-state index in [0.29, 0.717) is 0 Å². The van der Waals surface area contributed by atoms with Gasteiger partial charge in [0.25, 0.3) is 0 Å². The van der Waals surface area contributed by atoms with Gasteiger partial charge in [-0.3, -0.25) is 4.79 Å². The number of carbonyl (C=O) groups excluding carboxylic acids is 1. The molecule has 1 rings (SSSR count). The molecule has 94 valence electrons. The minimum atomic E-state index is -0.237. The number of aromatic nitrogens is 2. The molecule has 5 nitrogen and oxygen atoms in total. The average Bonchev–Trinajstić information content (AvgIpc) is 2.38. The summed E-state index contributed by atoms with van der Waals surface area (Å²) in [6, 6.07) is 1.62. The second-order valence-corrected chi connectivity index (χ2v) is 4.43. The van der Waals surface area contributed by atoms with E-state index >= 15 is 0 Å². The minimum absolute atomic E-state index is 0.213. The van der Waals surface area contributed by atoms with Gasteiger partial charge in [0.2, 0.25) is 0 Å². The van der Waals surface area contributed by atoms with Crippen molar-refractivity contribution in [2.24, 2.45) is 0 Å². The number of rotatable bonds is 7. The molecular weight excluding hydrogens is 238 g/mol. The van der Waals surface area contributed by atoms with Crippen LogP contribution in [0.4, 0.5) is 0 Å². The molecule has 0 aliphatic carbocycles. The van der Waals surface area contributed by atoms with Crippen LogP contribution >= 0.6 is 11.8 Å². The number of carbonyl (C=O) groups is 1. The van der Waals surface area contributed by atoms with Crippen molar-refractivity contribution in [2.75, 3.05) is 19.4 Å². The molecule has 1 heterocycles. The summed E-state index contributed by atoms with van der Waals surface area (Å²) in [6.45, 7) is 2.71. The van der Waals surface area contributed by atoms with E-state index in [4.69, 9.17) is 4.74 Å². The van der Waals surface area contributed by atoms with E-state index in [0.717, 1.165) is 23.7 Å². The highest BCUT2D eigenvalue weighted by Crippen LogP contribution is 2.15. The first kappa shape index (κ1) is 13.9. The van der Waals surface area contributed by atoms with Crippen molar-refractivity contribution < 1.29 is 9.53 Å². The second-order valence-electron chi connectivity index (χ2n) is 3.32. The lowest BCUT2D eigenvalue weighted by Gasteiger charge is -2.14. The molecule has 1 aromatic rings. The Labute approximate surface area is 105 Å². The molecule has 1 aromatic heterocycles. The van der Waals surface area contributed by atoms with Gasteiger partial charge in [-0.25, -0.2) is 9.97 Å². The molecule has 1 N–H and O–H groups in total. The van der Waals surface area contributed by atoms with Crippen molar-refractivity contribution in [3.05, 3.63) is 18.6 Å². The standard InChI is InChI=1S/C11H17N3O2S/c1-3-13-9(11(15)16-2)5-7-17-10-4-6-12-8-14-10/h4,6,8-9,13H,3,5,7H2,1-2H3. The van der Waals surface area contributed by atoms with Crippen LogP contribution in [0.25, 0.3) is 0 Å². The van der Waals surface area contributed by atoms with Crippen LogP contribution in [0.5, 0.6) is 0 Å². The molecule has 0 bridgehead atoms. The van der Waals surface area contributed by atoms with Crippen LogP contribution in [0.1, 0.15) is 13.3 Å². The topological polar surface area (TPSA) is 64.1 Å². The second kappa shape index (κ2) is 8.03. The maximum Gasteiger partial charge on any atom is 0.322 e. The van der Waals surface area contributed by atoms with Crippen molar-refractivity contribution in [3.63, 3.8) is 0 Å². The Morgan fingerprint density at radius 3 is 3.06 bits per heavy atom. The van der Waals surface area contributed by atoms with Crippen molar-refractivity contribution in [1.82, 2.24) is 15.3 Å². The van der Waals surface area contributed by atoms with E-state index in [1.54, 1.807) is 18.0 Å². The Hall–Kier alpha value is -1.14. The van der Waals surface area contributed by atoms with Gasteiger partial charge in [0.1, 0.15) is 12.4 Å². The fraction of sp³-hybridized carbons (Fsp3) is 0.545. The van der Waals surface area contributed by atoms with Gasteiger partial charge in [-0.1, -0.05) is 6.92 Å². The molecule has 1 atom stereocenters. The average molecular weight is 255 g/mol. The number of methoxy groups -OCH3 is 1. The molecule has 6 heteroatoms. The molecule has 0 saturated carbocycles. The summed E-state index contributed by atoms with van der Waals surface area (Å²) in [5.41, 5.74) is 0. The third kappa shape index (κ3) is 5.14. The summed E-state index contributed by atoms with van der Waals surface area (Å²) in [5, 5.41) is 4.02. The lowest BCUT2D eigenvalue weighted by Crippen LogP contribution is -2.37. The van der Waals surface area contributed by atoms with Crippen LogP contribution in [-0.4, -0.2) is 41.4 Å². The fourth-order valence-corrected chi connectivity index (χ4v) is 2.18. The van der Waals surface area contributed by atoms with Gasteiger partial charge in [0.05, 0.1) is 12.1 Å². The maximum absolute atomic E-state index is 11.4. The molecule has 0 aliphatic heterocycles. The number of esters is 1. The smallest absolute Gasteiger partial charge is 0.322 e. The predicted molar refractivity (Wildman–Crippen MR) is 66.9 cm³/mol. The minimum Gasteiger partial charge on any atom is -0.468 e. The fourth-order valence-electron chi connectivity index (χ4n) is 1.34. The molecule has 0 fully saturated rings. The van der Waals surface area contributed by atoms with E-state index in [1.807, 2.05) is 13.0 Å². The number of likely N-dealkylation sites (N-methyl/N-ethyl adjacent to an activating group) is 1. The molecule has 17 heavy (non-hydrogen) atoms. The number of nitrogens with zero attached hydrogens (tertiary/aromatic N) is 2. The lowest BCUT2D eigenvalue weighted by atomic mass is 10.2. The normalized spacial score (nSPS) is 12.1. The summed E-state index contributed by atoms with van der Waals surface area (Å²) < 4.78 is 4.73. The van der Waals surface area contributed by atoms with E-state index < -0.39 is 0 Å². The van der Waals surface area contributed by atoms with Crippen LogP contribution in [0, 0.1) is 0 Å². The molecule has 0 amide bonds. The number of nitrogens with one attached hydrogen (secondary N) is 1. The van der Waals surface area contributed by atoms with Crippen molar-refractivity contribution in [2.45, 2.75) is 24.4 Å². The van der Waals surface area contributed by atoms with Crippen LogP contribution in [0.15, 0.2) is 23.6 Å². The highest BCUT2D eigenvalue weighted by molar-refractivity contribution is 7.99. The Morgan fingerprint density at radius 2 is 2.47 bits per heavy atom. The van der Waals surface area contributed by atoms with Gasteiger partial charge in [0.15, 0.2) is 0 Å². The van der Waals surface area contributed by atoms with Crippen molar-refractivity contribution in [1.29, 1.82) is 0 Å². The van der Waals surface area contributed by atoms with Gasteiger partial charge in [-0.05, 0) is 19.0 Å². The molecule has 0 aromatic carbocycles. The van der Waals surface area contributed by atoms with Crippen molar-refractivity contribution >= 4 is 17.7 Å². The van der Waals surface area contributed by atoms with E-state index in [-0.39, 0.29) is 12.0 Å². The Morgan fingerprint density at radius 1 is 1.65 bits per heavy atom. The van der Waals surface area contributed by atoms with Crippen LogP contribution in [0.2, 0.25) is 0 Å². The van der Waals surface area contributed by atoms with E-state index in [9.17, 15) is 4.79 Å². The van der Waals surface area contributed by atoms with Crippen LogP contribution in [-0.2, 0) is 9.53 Å². The zero-order valence-electron chi connectivity index (χ0n) is 10.0. The monoisotopic (exact) mass is 255 g/mol. The quantitative estimate of drug-likeness (QED) is 0.447. The molecule has 1 unspecified atom stereocenters. The summed E-state index contributed by atoms with van der Waals surface area (Å²) in [6.07, 6.45) is 3.94. The summed E-state index contributed by atoms with van der Waals surface area (Å²) in [5.74, 6) is 0.596. The Kier molecular flexibility index (Phi) is 6.57. The molecule has 0 aliphatic rings. The number of hydrogen-bond donors (Lipinski definition) is 1. The van der Waals surface area contributed by atoms with E-state index in [2.05, 4.69) is 15.3 Å². The predicted octanol–water partition coefficient (Wildman–Crippen LogP) is 1.11. The first-order valence-electron chi connectivity index (χ1n) is 5.48. The van der Waals surface area contributed by atoms with Crippen LogP contribution in [0.3, 0.4) is 0 Å². The molecule has 0 radical (unpaired) electrons. The summed E-state index contributed by atoms with van der Waals surface area (Å²) >= 11 is 1.60. The molecule has 0 spiro atoms. The number of ether oxygens (including phenoxy) is 1. The van der Waals surface area contributed by atoms with E-state index in [1.165, 1.54) is 13.4 Å². The first-order chi connectivity index (χ1) is 8.27. The third-order valence-electron chi connectivity index (χ3n) is 2.15. The lowest BCUT2D eigenvalue weighted by molar-refractivity contribution is -0.143. The SMILES string of the molecule is CCNC(CCSc1ccncn1)C(=O)OC. The highest BCUT2D eigenvalue weighted by Gasteiger charge is 2.17. The largest absolute Gasteiger partial charge is 0.468 e. The van der Waals surface area contributed by atoms with Gasteiger partial charge < -0.3 is 10.1 Å².